The van der Waals surface area contributed by atoms with Gasteiger partial charge in [-0.05, 0) is 32.3 Å². The van der Waals surface area contributed by atoms with E-state index >= 15 is 0 Å². The van der Waals surface area contributed by atoms with Gasteiger partial charge in [-0.15, -0.1) is 0 Å². The number of hydrogen-bond acceptors (Lipinski definition) is 5. The van der Waals surface area contributed by atoms with Crippen molar-refractivity contribution in [2.75, 3.05) is 6.54 Å². The van der Waals surface area contributed by atoms with Crippen LogP contribution in [-0.2, 0) is 25.4 Å². The van der Waals surface area contributed by atoms with Gasteiger partial charge in [0.05, 0.1) is 0 Å². The van der Waals surface area contributed by atoms with Gasteiger partial charge in [-0.25, -0.2) is 9.97 Å². The number of amides is 1. The zero-order valence-electron chi connectivity index (χ0n) is 13.6. The van der Waals surface area contributed by atoms with Crippen LogP contribution in [0, 0.1) is 6.92 Å². The minimum absolute atomic E-state index is 0.0369. The smallest absolute Gasteiger partial charge is 0.360 e. The molecule has 25 heavy (non-hydrogen) atoms. The van der Waals surface area contributed by atoms with Crippen molar-refractivity contribution in [1.29, 1.82) is 0 Å². The fraction of sp³-hybridized carbons (Fsp3) is 0.500. The van der Waals surface area contributed by atoms with Gasteiger partial charge in [0.25, 0.3) is 5.91 Å². The van der Waals surface area contributed by atoms with E-state index in [0.29, 0.717) is 0 Å². The summed E-state index contributed by atoms with van der Waals surface area (Å²) in [5.41, 5.74) is 0.340. The van der Waals surface area contributed by atoms with Gasteiger partial charge in [0.1, 0.15) is 17.3 Å². The molecule has 2 heterocycles. The van der Waals surface area contributed by atoms with Gasteiger partial charge < -0.3 is 9.84 Å². The predicted octanol–water partition coefficient (Wildman–Crippen LogP) is 2.64. The second kappa shape index (κ2) is 6.81. The standard InChI is InChI=1S/C16H17F3N4O2/c1-9-8-12(16(17,18)19)22-13(21-9)6-7-20-15(24)14-10-4-2-3-5-11(10)25-23-14/h8H,2-7H2,1H3,(H,20,24). The van der Waals surface area contributed by atoms with Crippen molar-refractivity contribution in [3.05, 3.63) is 40.3 Å². The Morgan fingerprint density at radius 3 is 2.80 bits per heavy atom. The molecule has 0 fully saturated rings. The summed E-state index contributed by atoms with van der Waals surface area (Å²) in [5.74, 6) is 0.388. The van der Waals surface area contributed by atoms with Crippen molar-refractivity contribution in [3.8, 4) is 0 Å². The molecule has 6 nitrogen and oxygen atoms in total. The van der Waals surface area contributed by atoms with Gasteiger partial charge in [-0.3, -0.25) is 4.79 Å². The van der Waals surface area contributed by atoms with Crippen LogP contribution in [0.5, 0.6) is 0 Å². The number of aryl methyl sites for hydroxylation is 2. The lowest BCUT2D eigenvalue weighted by Gasteiger charge is -2.10. The monoisotopic (exact) mass is 354 g/mol. The number of nitrogens with one attached hydrogen (secondary N) is 1. The molecule has 0 saturated carbocycles. The van der Waals surface area contributed by atoms with Gasteiger partial charge in [0.2, 0.25) is 0 Å². The van der Waals surface area contributed by atoms with Gasteiger partial charge >= 0.3 is 6.18 Å². The van der Waals surface area contributed by atoms with Crippen LogP contribution in [0.15, 0.2) is 10.6 Å². The van der Waals surface area contributed by atoms with Crippen LogP contribution < -0.4 is 5.32 Å². The Hall–Kier alpha value is -2.45. The molecule has 2 aromatic heterocycles. The van der Waals surface area contributed by atoms with Gasteiger partial charge in [-0.1, -0.05) is 5.16 Å². The maximum absolute atomic E-state index is 12.8. The molecule has 0 bridgehead atoms. The van der Waals surface area contributed by atoms with Crippen LogP contribution in [0.4, 0.5) is 13.2 Å². The van der Waals surface area contributed by atoms with Gasteiger partial charge in [-0.2, -0.15) is 13.2 Å². The number of hydrogen-bond donors (Lipinski definition) is 1. The van der Waals surface area contributed by atoms with Crippen LogP contribution in [0.25, 0.3) is 0 Å². The molecule has 1 N–H and O–H groups in total. The average Bonchev–Trinajstić information content (AvgIpc) is 2.97. The number of halogens is 3. The minimum Gasteiger partial charge on any atom is -0.360 e. The maximum atomic E-state index is 12.8. The number of carbonyl (C=O) groups excluding carboxylic acids is 1. The summed E-state index contributed by atoms with van der Waals surface area (Å²) in [7, 11) is 0. The third-order valence-electron chi connectivity index (χ3n) is 3.99. The summed E-state index contributed by atoms with van der Waals surface area (Å²) >= 11 is 0. The number of fused-ring (bicyclic) bond motifs is 1. The highest BCUT2D eigenvalue weighted by molar-refractivity contribution is 5.93. The van der Waals surface area contributed by atoms with Crippen molar-refractivity contribution < 1.29 is 22.5 Å². The first-order valence-corrected chi connectivity index (χ1v) is 8.02. The summed E-state index contributed by atoms with van der Waals surface area (Å²) in [5, 5.41) is 6.46. The molecule has 0 atom stereocenters. The van der Waals surface area contributed by atoms with Gasteiger partial charge in [0.15, 0.2) is 5.69 Å². The Bertz CT molecular complexity index is 786. The highest BCUT2D eigenvalue weighted by Gasteiger charge is 2.33. The maximum Gasteiger partial charge on any atom is 0.433 e. The SMILES string of the molecule is Cc1cc(C(F)(F)F)nc(CCNC(=O)c2noc3c2CCCC3)n1. The van der Waals surface area contributed by atoms with E-state index in [2.05, 4.69) is 20.4 Å². The lowest BCUT2D eigenvalue weighted by atomic mass is 9.96. The van der Waals surface area contributed by atoms with Crippen LogP contribution in [0.1, 0.15) is 51.9 Å². The van der Waals surface area contributed by atoms with E-state index in [-0.39, 0.29) is 30.2 Å². The van der Waals surface area contributed by atoms with Crippen LogP contribution >= 0.6 is 0 Å². The fourth-order valence-electron chi connectivity index (χ4n) is 2.82. The van der Waals surface area contributed by atoms with Crippen molar-refractivity contribution in [1.82, 2.24) is 20.4 Å². The Balaban J connectivity index is 1.62. The molecule has 1 aliphatic carbocycles. The number of carbonyl (C=O) groups is 1. The largest absolute Gasteiger partial charge is 0.433 e. The summed E-state index contributed by atoms with van der Waals surface area (Å²) in [6.07, 6.45) is -0.923. The molecule has 3 rings (SSSR count). The number of rotatable bonds is 4. The van der Waals surface area contributed by atoms with E-state index < -0.39 is 17.8 Å². The average molecular weight is 354 g/mol. The molecule has 9 heteroatoms. The fourth-order valence-corrected chi connectivity index (χ4v) is 2.82. The number of alkyl halides is 3. The molecule has 0 radical (unpaired) electrons. The third-order valence-corrected chi connectivity index (χ3v) is 3.99. The zero-order valence-corrected chi connectivity index (χ0v) is 13.6. The molecule has 1 amide bonds. The van der Waals surface area contributed by atoms with Gasteiger partial charge in [0, 0.05) is 30.6 Å². The van der Waals surface area contributed by atoms with Crippen LogP contribution in [0.2, 0.25) is 0 Å². The molecule has 0 spiro atoms. The molecule has 0 aliphatic heterocycles. The second-order valence-electron chi connectivity index (χ2n) is 5.95. The molecule has 0 aromatic carbocycles. The lowest BCUT2D eigenvalue weighted by Crippen LogP contribution is -2.28. The summed E-state index contributed by atoms with van der Waals surface area (Å²) in [6.45, 7) is 1.59. The van der Waals surface area contributed by atoms with E-state index in [1.165, 1.54) is 6.92 Å². The molecular weight excluding hydrogens is 337 g/mol. The Morgan fingerprint density at radius 2 is 2.04 bits per heavy atom. The molecule has 0 saturated heterocycles. The first-order valence-electron chi connectivity index (χ1n) is 8.02. The van der Waals surface area contributed by atoms with Crippen molar-refractivity contribution in [2.24, 2.45) is 0 Å². The van der Waals surface area contributed by atoms with E-state index in [1.807, 2.05) is 0 Å². The highest BCUT2D eigenvalue weighted by atomic mass is 19.4. The highest BCUT2D eigenvalue weighted by Crippen LogP contribution is 2.28. The van der Waals surface area contributed by atoms with E-state index in [4.69, 9.17) is 4.52 Å². The molecule has 134 valence electrons. The molecule has 2 aromatic rings. The number of nitrogens with zero attached hydrogens (tertiary/aromatic N) is 3. The third kappa shape index (κ3) is 3.97. The first kappa shape index (κ1) is 17.4. The Morgan fingerprint density at radius 1 is 1.28 bits per heavy atom. The molecule has 0 unspecified atom stereocenters. The predicted molar refractivity (Wildman–Crippen MR) is 81.0 cm³/mol. The van der Waals surface area contributed by atoms with E-state index in [0.717, 1.165) is 43.1 Å². The van der Waals surface area contributed by atoms with Crippen LogP contribution in [0.3, 0.4) is 0 Å². The molecular formula is C16H17F3N4O2. The van der Waals surface area contributed by atoms with E-state index in [1.54, 1.807) is 0 Å². The summed E-state index contributed by atoms with van der Waals surface area (Å²) < 4.78 is 43.5. The van der Waals surface area contributed by atoms with Crippen molar-refractivity contribution in [2.45, 2.75) is 45.2 Å². The van der Waals surface area contributed by atoms with E-state index in [9.17, 15) is 18.0 Å². The Labute approximate surface area is 141 Å². The van der Waals surface area contributed by atoms with Crippen LogP contribution in [-0.4, -0.2) is 27.6 Å². The summed E-state index contributed by atoms with van der Waals surface area (Å²) in [6, 6.07) is 0.893. The number of aromatic nitrogens is 3. The van der Waals surface area contributed by atoms with Crippen molar-refractivity contribution >= 4 is 5.91 Å². The first-order chi connectivity index (χ1) is 11.8. The second-order valence-corrected chi connectivity index (χ2v) is 5.95. The topological polar surface area (TPSA) is 80.9 Å². The Kier molecular flexibility index (Phi) is 4.73. The molecule has 1 aliphatic rings. The normalized spacial score (nSPS) is 14.2. The zero-order chi connectivity index (χ0) is 18.0. The minimum atomic E-state index is -4.52. The van der Waals surface area contributed by atoms with Crippen molar-refractivity contribution in [3.63, 3.8) is 0 Å². The lowest BCUT2D eigenvalue weighted by molar-refractivity contribution is -0.141. The summed E-state index contributed by atoms with van der Waals surface area (Å²) in [4.78, 5) is 19.7. The quantitative estimate of drug-likeness (QED) is 0.913.